The number of thiophene rings is 1. The lowest BCUT2D eigenvalue weighted by atomic mass is 10.7. The van der Waals surface area contributed by atoms with Crippen LogP contribution in [0.3, 0.4) is 0 Å². The Morgan fingerprint density at radius 2 is 2.12 bits per heavy atom. The largest absolute Gasteiger partial charge is 0.272 e. The van der Waals surface area contributed by atoms with Crippen LogP contribution in [0.15, 0.2) is 38.7 Å². The van der Waals surface area contributed by atoms with Gasteiger partial charge in [-0.15, -0.1) is 11.3 Å². The van der Waals surface area contributed by atoms with E-state index in [0.29, 0.717) is 0 Å². The molecule has 16 heavy (non-hydrogen) atoms. The normalized spacial score (nSPS) is 11.3. The molecule has 2 rings (SSSR count). The summed E-state index contributed by atoms with van der Waals surface area (Å²) in [5.74, 6) is 0.201. The average molecular weight is 320 g/mol. The van der Waals surface area contributed by atoms with Gasteiger partial charge in [-0.05, 0) is 28.1 Å². The van der Waals surface area contributed by atoms with Crippen molar-refractivity contribution in [2.75, 3.05) is 4.72 Å². The maximum Gasteiger partial charge on any atom is 0.272 e. The maximum absolute atomic E-state index is 11.8. The van der Waals surface area contributed by atoms with Gasteiger partial charge in [0.1, 0.15) is 4.21 Å². The highest BCUT2D eigenvalue weighted by atomic mass is 79.9. The Hall–Kier alpha value is -0.990. The van der Waals surface area contributed by atoms with Gasteiger partial charge in [0.2, 0.25) is 0 Å². The van der Waals surface area contributed by atoms with Crippen LogP contribution in [0.2, 0.25) is 0 Å². The van der Waals surface area contributed by atoms with Crippen LogP contribution in [0.5, 0.6) is 0 Å². The fourth-order valence-corrected chi connectivity index (χ4v) is 3.98. The summed E-state index contributed by atoms with van der Waals surface area (Å²) in [4.78, 5) is 7.61. The third-order valence-corrected chi connectivity index (χ3v) is 5.09. The zero-order chi connectivity index (χ0) is 11.6. The van der Waals surface area contributed by atoms with E-state index in [1.165, 1.54) is 24.7 Å². The molecule has 0 aliphatic carbocycles. The molecule has 0 aliphatic heterocycles. The van der Waals surface area contributed by atoms with Crippen LogP contribution in [-0.4, -0.2) is 18.4 Å². The highest BCUT2D eigenvalue weighted by Crippen LogP contribution is 2.26. The van der Waals surface area contributed by atoms with Gasteiger partial charge in [-0.25, -0.2) is 13.4 Å². The van der Waals surface area contributed by atoms with Gasteiger partial charge < -0.3 is 0 Å². The number of anilines is 1. The van der Waals surface area contributed by atoms with Gasteiger partial charge in [-0.1, -0.05) is 0 Å². The van der Waals surface area contributed by atoms with Crippen molar-refractivity contribution in [3.63, 3.8) is 0 Å². The van der Waals surface area contributed by atoms with Gasteiger partial charge in [0.05, 0.1) is 9.98 Å². The quantitative estimate of drug-likeness (QED) is 0.940. The van der Waals surface area contributed by atoms with Crippen molar-refractivity contribution in [3.05, 3.63) is 34.5 Å². The van der Waals surface area contributed by atoms with E-state index in [1.807, 2.05) is 0 Å². The van der Waals surface area contributed by atoms with Crippen molar-refractivity contribution in [2.24, 2.45) is 0 Å². The molecule has 0 atom stereocenters. The summed E-state index contributed by atoms with van der Waals surface area (Å²) in [6, 6.07) is 3.20. The molecular formula is C8H6BrN3O2S2. The number of sulfonamides is 1. The minimum absolute atomic E-state index is 0.201. The lowest BCUT2D eigenvalue weighted by Crippen LogP contribution is -2.12. The third-order valence-electron chi connectivity index (χ3n) is 1.62. The molecule has 2 aromatic heterocycles. The number of aromatic nitrogens is 2. The summed E-state index contributed by atoms with van der Waals surface area (Å²) >= 11 is 4.34. The van der Waals surface area contributed by atoms with E-state index in [0.717, 1.165) is 15.1 Å². The fourth-order valence-electron chi connectivity index (χ4n) is 0.982. The first-order valence-electron chi connectivity index (χ1n) is 4.12. The number of halogens is 1. The minimum atomic E-state index is -3.56. The van der Waals surface area contributed by atoms with E-state index >= 15 is 0 Å². The molecule has 5 nitrogen and oxygen atoms in total. The predicted molar refractivity (Wildman–Crippen MR) is 64.9 cm³/mol. The Labute approximate surface area is 105 Å². The lowest BCUT2D eigenvalue weighted by molar-refractivity contribution is 0.603. The Morgan fingerprint density at radius 3 is 2.69 bits per heavy atom. The van der Waals surface area contributed by atoms with Crippen LogP contribution in [0.25, 0.3) is 0 Å². The molecule has 0 spiro atoms. The van der Waals surface area contributed by atoms with E-state index < -0.39 is 10.0 Å². The maximum atomic E-state index is 11.8. The zero-order valence-electron chi connectivity index (χ0n) is 7.79. The molecule has 0 unspecified atom stereocenters. The molecule has 0 saturated heterocycles. The first-order valence-corrected chi connectivity index (χ1v) is 7.21. The van der Waals surface area contributed by atoms with E-state index in [4.69, 9.17) is 0 Å². The van der Waals surface area contributed by atoms with Gasteiger partial charge in [0, 0.05) is 12.4 Å². The molecule has 8 heteroatoms. The number of hydrogen-bond acceptors (Lipinski definition) is 5. The van der Waals surface area contributed by atoms with Gasteiger partial charge >= 0.3 is 0 Å². The smallest absolute Gasteiger partial charge is 0.261 e. The Balaban J connectivity index is 2.28. The molecule has 0 amide bonds. The van der Waals surface area contributed by atoms with Crippen LogP contribution < -0.4 is 4.72 Å². The Bertz CT molecular complexity index is 582. The summed E-state index contributed by atoms with van der Waals surface area (Å²) in [5.41, 5.74) is 0. The second-order valence-corrected chi connectivity index (χ2v) is 7.13. The molecule has 0 aliphatic rings. The fraction of sp³-hybridized carbons (Fsp3) is 0. The molecule has 84 valence electrons. The molecule has 0 fully saturated rings. The van der Waals surface area contributed by atoms with Crippen molar-refractivity contribution >= 4 is 43.1 Å². The summed E-state index contributed by atoms with van der Waals surface area (Å²) < 4.78 is 27.0. The van der Waals surface area contributed by atoms with Crippen LogP contribution >= 0.6 is 27.3 Å². The van der Waals surface area contributed by atoms with E-state index in [9.17, 15) is 8.42 Å². The molecular weight excluding hydrogens is 314 g/mol. The lowest BCUT2D eigenvalue weighted by Gasteiger charge is -2.03. The van der Waals surface area contributed by atoms with Crippen molar-refractivity contribution in [3.8, 4) is 0 Å². The molecule has 0 radical (unpaired) electrons. The number of rotatable bonds is 3. The van der Waals surface area contributed by atoms with E-state index in [-0.39, 0.29) is 10.0 Å². The summed E-state index contributed by atoms with van der Waals surface area (Å²) in [6.45, 7) is 0. The van der Waals surface area contributed by atoms with Gasteiger partial charge in [0.25, 0.3) is 10.0 Å². The highest BCUT2D eigenvalue weighted by molar-refractivity contribution is 9.11. The zero-order valence-corrected chi connectivity index (χ0v) is 11.0. The topological polar surface area (TPSA) is 72.0 Å². The van der Waals surface area contributed by atoms with E-state index in [2.05, 4.69) is 30.6 Å². The van der Waals surface area contributed by atoms with Crippen molar-refractivity contribution in [1.82, 2.24) is 9.97 Å². The van der Waals surface area contributed by atoms with Crippen molar-refractivity contribution < 1.29 is 8.42 Å². The molecule has 2 aromatic rings. The minimum Gasteiger partial charge on any atom is -0.261 e. The molecule has 2 heterocycles. The Kier molecular flexibility index (Phi) is 3.22. The molecule has 1 N–H and O–H groups in total. The van der Waals surface area contributed by atoms with Crippen molar-refractivity contribution in [2.45, 2.75) is 4.21 Å². The average Bonchev–Trinajstić information content (AvgIpc) is 2.66. The second kappa shape index (κ2) is 4.48. The predicted octanol–water partition coefficient (Wildman–Crippen LogP) is 2.10. The molecule has 0 saturated carbocycles. The number of nitrogens with zero attached hydrogens (tertiary/aromatic N) is 2. The monoisotopic (exact) mass is 319 g/mol. The number of hydrogen-bond donors (Lipinski definition) is 1. The van der Waals surface area contributed by atoms with Gasteiger partial charge in [0.15, 0.2) is 5.82 Å². The van der Waals surface area contributed by atoms with Crippen LogP contribution in [-0.2, 0) is 10.0 Å². The van der Waals surface area contributed by atoms with Gasteiger partial charge in [-0.2, -0.15) is 0 Å². The summed E-state index contributed by atoms with van der Waals surface area (Å²) in [5, 5.41) is 0. The third kappa shape index (κ3) is 2.57. The van der Waals surface area contributed by atoms with Crippen molar-refractivity contribution in [1.29, 1.82) is 0 Å². The van der Waals surface area contributed by atoms with E-state index in [1.54, 1.807) is 6.07 Å². The Morgan fingerprint density at radius 1 is 1.31 bits per heavy atom. The van der Waals surface area contributed by atoms with Crippen LogP contribution in [0.4, 0.5) is 5.82 Å². The molecule has 0 bridgehead atoms. The van der Waals surface area contributed by atoms with Crippen LogP contribution in [0, 0.1) is 0 Å². The SMILES string of the molecule is O=S(=O)(Nc1cnccn1)c1ccc(Br)s1. The summed E-state index contributed by atoms with van der Waals surface area (Å²) in [6.07, 6.45) is 4.24. The molecule has 0 aromatic carbocycles. The second-order valence-electron chi connectivity index (χ2n) is 2.75. The highest BCUT2D eigenvalue weighted by Gasteiger charge is 2.16. The first kappa shape index (κ1) is 11.5. The standard InChI is InChI=1S/C8H6BrN3O2S2/c9-6-1-2-8(15-6)16(13,14)12-7-5-10-3-4-11-7/h1-5H,(H,11,12). The van der Waals surface area contributed by atoms with Crippen LogP contribution in [0.1, 0.15) is 0 Å². The number of nitrogens with one attached hydrogen (secondary N) is 1. The van der Waals surface area contributed by atoms with Gasteiger partial charge in [-0.3, -0.25) is 9.71 Å². The summed E-state index contributed by atoms with van der Waals surface area (Å²) in [7, 11) is -3.56. The first-order chi connectivity index (χ1) is 7.58.